The normalized spacial score (nSPS) is 31.5. The Morgan fingerprint density at radius 1 is 1.00 bits per heavy atom. The number of rotatable bonds is 1. The van der Waals surface area contributed by atoms with Crippen molar-refractivity contribution in [2.75, 3.05) is 6.61 Å². The molecule has 1 saturated carbocycles. The number of hydrogen-bond donors (Lipinski definition) is 2. The van der Waals surface area contributed by atoms with Gasteiger partial charge in [-0.25, -0.2) is 0 Å². The molecule has 1 aliphatic rings. The van der Waals surface area contributed by atoms with Crippen LogP contribution >= 0.6 is 0 Å². The Kier molecular flexibility index (Phi) is 7.16. The van der Waals surface area contributed by atoms with Gasteiger partial charge in [0, 0.05) is 29.6 Å². The molecule has 1 fully saturated rings. The molecule has 1 rings (SSSR count). The SMILES string of the molecule is OCC1CCCCCCC1O.[Fe]. The van der Waals surface area contributed by atoms with Crippen LogP contribution in [0.5, 0.6) is 0 Å². The fourth-order valence-corrected chi connectivity index (χ4v) is 1.75. The molecule has 0 heterocycles. The van der Waals surface area contributed by atoms with Crippen molar-refractivity contribution < 1.29 is 27.3 Å². The van der Waals surface area contributed by atoms with Crippen molar-refractivity contribution in [3.8, 4) is 0 Å². The van der Waals surface area contributed by atoms with Crippen LogP contribution < -0.4 is 0 Å². The van der Waals surface area contributed by atoms with E-state index in [1.54, 1.807) is 0 Å². The van der Waals surface area contributed by atoms with Crippen molar-refractivity contribution in [1.29, 1.82) is 0 Å². The zero-order valence-electron chi connectivity index (χ0n) is 7.35. The second-order valence-corrected chi connectivity index (χ2v) is 3.50. The summed E-state index contributed by atoms with van der Waals surface area (Å²) in [6, 6.07) is 0. The fraction of sp³-hybridized carbons (Fsp3) is 1.00. The van der Waals surface area contributed by atoms with Gasteiger partial charge in [-0.1, -0.05) is 25.7 Å². The Morgan fingerprint density at radius 2 is 1.58 bits per heavy atom. The molecule has 2 nitrogen and oxygen atoms in total. The van der Waals surface area contributed by atoms with E-state index in [1.165, 1.54) is 19.3 Å². The Balaban J connectivity index is 0.00000121. The first kappa shape index (κ1) is 12.4. The van der Waals surface area contributed by atoms with E-state index < -0.39 is 0 Å². The average Bonchev–Trinajstić information content (AvgIpc) is 1.98. The first-order chi connectivity index (χ1) is 5.34. The van der Waals surface area contributed by atoms with Gasteiger partial charge >= 0.3 is 0 Å². The molecule has 0 amide bonds. The second-order valence-electron chi connectivity index (χ2n) is 3.50. The monoisotopic (exact) mass is 214 g/mol. The molecular formula is C9H18FeO2. The Morgan fingerprint density at radius 3 is 2.17 bits per heavy atom. The first-order valence-corrected chi connectivity index (χ1v) is 4.63. The minimum absolute atomic E-state index is 0. The Labute approximate surface area is 84.8 Å². The molecule has 0 bridgehead atoms. The number of aliphatic hydroxyl groups excluding tert-OH is 2. The van der Waals surface area contributed by atoms with Crippen molar-refractivity contribution in [2.24, 2.45) is 5.92 Å². The quantitative estimate of drug-likeness (QED) is 0.646. The summed E-state index contributed by atoms with van der Waals surface area (Å²) >= 11 is 0. The van der Waals surface area contributed by atoms with E-state index in [1.807, 2.05) is 0 Å². The Bertz CT molecular complexity index is 109. The summed E-state index contributed by atoms with van der Waals surface area (Å²) in [6.45, 7) is 0.154. The van der Waals surface area contributed by atoms with Crippen molar-refractivity contribution in [1.82, 2.24) is 0 Å². The molecule has 2 unspecified atom stereocenters. The molecule has 0 spiro atoms. The topological polar surface area (TPSA) is 40.5 Å². The van der Waals surface area contributed by atoms with E-state index >= 15 is 0 Å². The minimum atomic E-state index is -0.250. The predicted octanol–water partition coefficient (Wildman–Crippen LogP) is 1.31. The third-order valence-electron chi connectivity index (χ3n) is 2.60. The molecule has 0 aromatic carbocycles. The number of hydrogen-bond acceptors (Lipinski definition) is 2. The third kappa shape index (κ3) is 3.90. The van der Waals surface area contributed by atoms with E-state index in [9.17, 15) is 5.11 Å². The molecule has 12 heavy (non-hydrogen) atoms. The van der Waals surface area contributed by atoms with Crippen LogP contribution in [0.3, 0.4) is 0 Å². The Hall–Kier alpha value is 0.439. The van der Waals surface area contributed by atoms with Crippen molar-refractivity contribution in [2.45, 2.75) is 44.6 Å². The van der Waals surface area contributed by atoms with Crippen LogP contribution in [-0.2, 0) is 17.1 Å². The van der Waals surface area contributed by atoms with Crippen LogP contribution in [0, 0.1) is 5.92 Å². The molecule has 0 aliphatic heterocycles. The van der Waals surface area contributed by atoms with Crippen LogP contribution in [0.2, 0.25) is 0 Å². The molecule has 2 N–H and O–H groups in total. The molecule has 1 aliphatic carbocycles. The van der Waals surface area contributed by atoms with Gasteiger partial charge in [-0.2, -0.15) is 0 Å². The average molecular weight is 214 g/mol. The van der Waals surface area contributed by atoms with Gasteiger partial charge in [0.25, 0.3) is 0 Å². The van der Waals surface area contributed by atoms with Gasteiger partial charge in [-0.3, -0.25) is 0 Å². The molecule has 0 aromatic heterocycles. The summed E-state index contributed by atoms with van der Waals surface area (Å²) in [5.41, 5.74) is 0. The maximum Gasteiger partial charge on any atom is 0.0590 e. The second kappa shape index (κ2) is 6.90. The summed E-state index contributed by atoms with van der Waals surface area (Å²) in [4.78, 5) is 0. The standard InChI is InChI=1S/C9H18O2.Fe/c10-7-8-5-3-1-2-4-6-9(8)11;/h8-11H,1-7H2;. The third-order valence-corrected chi connectivity index (χ3v) is 2.60. The van der Waals surface area contributed by atoms with E-state index in [-0.39, 0.29) is 35.7 Å². The van der Waals surface area contributed by atoms with Gasteiger partial charge in [0.2, 0.25) is 0 Å². The van der Waals surface area contributed by atoms with Gasteiger partial charge in [-0.15, -0.1) is 0 Å². The zero-order valence-corrected chi connectivity index (χ0v) is 8.46. The smallest absolute Gasteiger partial charge is 0.0590 e. The predicted molar refractivity (Wildman–Crippen MR) is 44.3 cm³/mol. The molecule has 0 radical (unpaired) electrons. The van der Waals surface area contributed by atoms with Crippen molar-refractivity contribution in [3.05, 3.63) is 0 Å². The maximum absolute atomic E-state index is 9.51. The maximum atomic E-state index is 9.51. The van der Waals surface area contributed by atoms with Gasteiger partial charge in [0.1, 0.15) is 0 Å². The summed E-state index contributed by atoms with van der Waals surface area (Å²) in [5.74, 6) is 0.148. The molecule has 74 valence electrons. The van der Waals surface area contributed by atoms with Gasteiger partial charge in [-0.05, 0) is 12.8 Å². The van der Waals surface area contributed by atoms with Crippen LogP contribution in [0.25, 0.3) is 0 Å². The summed E-state index contributed by atoms with van der Waals surface area (Å²) < 4.78 is 0. The van der Waals surface area contributed by atoms with Crippen molar-refractivity contribution in [3.63, 3.8) is 0 Å². The molecule has 3 heteroatoms. The zero-order chi connectivity index (χ0) is 8.10. The van der Waals surface area contributed by atoms with Crippen LogP contribution in [0.15, 0.2) is 0 Å². The van der Waals surface area contributed by atoms with E-state index in [4.69, 9.17) is 5.11 Å². The molecule has 2 atom stereocenters. The molecule has 0 aromatic rings. The number of aliphatic hydroxyl groups is 2. The van der Waals surface area contributed by atoms with Gasteiger partial charge in [0.05, 0.1) is 6.10 Å². The van der Waals surface area contributed by atoms with Crippen molar-refractivity contribution >= 4 is 0 Å². The summed E-state index contributed by atoms with van der Waals surface area (Å²) in [5, 5.41) is 18.4. The summed E-state index contributed by atoms with van der Waals surface area (Å²) in [6.07, 6.45) is 6.43. The minimum Gasteiger partial charge on any atom is -0.396 e. The largest absolute Gasteiger partial charge is 0.396 e. The fourth-order valence-electron chi connectivity index (χ4n) is 1.75. The summed E-state index contributed by atoms with van der Waals surface area (Å²) in [7, 11) is 0. The van der Waals surface area contributed by atoms with Crippen LogP contribution in [0.1, 0.15) is 38.5 Å². The van der Waals surface area contributed by atoms with Gasteiger partial charge in [0.15, 0.2) is 0 Å². The van der Waals surface area contributed by atoms with Crippen LogP contribution in [-0.4, -0.2) is 22.9 Å². The molecular weight excluding hydrogens is 196 g/mol. The van der Waals surface area contributed by atoms with Gasteiger partial charge < -0.3 is 10.2 Å². The molecule has 0 saturated heterocycles. The van der Waals surface area contributed by atoms with E-state index in [0.29, 0.717) is 0 Å². The van der Waals surface area contributed by atoms with Crippen LogP contribution in [0.4, 0.5) is 0 Å². The first-order valence-electron chi connectivity index (χ1n) is 4.63. The van der Waals surface area contributed by atoms with E-state index in [0.717, 1.165) is 19.3 Å². The van der Waals surface area contributed by atoms with E-state index in [2.05, 4.69) is 0 Å².